The number of carbonyl (C=O) groups excluding carboxylic acids is 1. The van der Waals surface area contributed by atoms with Crippen molar-refractivity contribution in [2.45, 2.75) is 26.7 Å². The predicted octanol–water partition coefficient (Wildman–Crippen LogP) is -0.108. The van der Waals surface area contributed by atoms with Crippen LogP contribution in [-0.2, 0) is 9.59 Å². The Morgan fingerprint density at radius 1 is 1.36 bits per heavy atom. The highest BCUT2D eigenvalue weighted by Crippen LogP contribution is 2.01. The fourth-order valence-corrected chi connectivity index (χ4v) is 0.696. The summed E-state index contributed by atoms with van der Waals surface area (Å²) in [6.45, 7) is 3.78. The van der Waals surface area contributed by atoms with Crippen LogP contribution in [0.1, 0.15) is 26.7 Å². The number of aliphatic carboxylic acids is 1. The minimum Gasteiger partial charge on any atom is -0.481 e. The van der Waals surface area contributed by atoms with Crippen molar-refractivity contribution in [3.05, 3.63) is 0 Å². The number of ketones is 1. The SMILES string of the molecule is CC(C)CC(=O)CC(=O)O.[AlH3]. The van der Waals surface area contributed by atoms with Crippen molar-refractivity contribution in [3.63, 3.8) is 0 Å². The molecule has 0 fully saturated rings. The molecule has 0 aromatic rings. The maximum atomic E-state index is 10.7. The van der Waals surface area contributed by atoms with Crippen molar-refractivity contribution in [3.8, 4) is 0 Å². The molecule has 0 unspecified atom stereocenters. The van der Waals surface area contributed by atoms with Crippen molar-refractivity contribution in [1.29, 1.82) is 0 Å². The molecular formula is C7H15AlO3. The molecule has 64 valence electrons. The van der Waals surface area contributed by atoms with Gasteiger partial charge in [0, 0.05) is 6.42 Å². The standard InChI is InChI=1S/C7H12O3.Al.3H/c1-5(2)3-6(8)4-7(9)10;;;;/h5H,3-4H2,1-2H3,(H,9,10);;;;. The van der Waals surface area contributed by atoms with Gasteiger partial charge in [-0.25, -0.2) is 0 Å². The van der Waals surface area contributed by atoms with Gasteiger partial charge in [-0.3, -0.25) is 9.59 Å². The van der Waals surface area contributed by atoms with Crippen LogP contribution in [0.3, 0.4) is 0 Å². The summed E-state index contributed by atoms with van der Waals surface area (Å²) >= 11 is 0. The Kier molecular flexibility index (Phi) is 7.71. The summed E-state index contributed by atoms with van der Waals surface area (Å²) in [6.07, 6.45) is 0.0322. The molecule has 0 aliphatic rings. The fourth-order valence-electron chi connectivity index (χ4n) is 0.696. The summed E-state index contributed by atoms with van der Waals surface area (Å²) < 4.78 is 0. The van der Waals surface area contributed by atoms with Crippen molar-refractivity contribution in [2.24, 2.45) is 5.92 Å². The van der Waals surface area contributed by atoms with Crippen LogP contribution in [0.4, 0.5) is 0 Å². The molecule has 0 atom stereocenters. The molecule has 11 heavy (non-hydrogen) atoms. The van der Waals surface area contributed by atoms with Crippen LogP contribution in [0.2, 0.25) is 0 Å². The zero-order valence-corrected chi connectivity index (χ0v) is 6.26. The van der Waals surface area contributed by atoms with Crippen LogP contribution < -0.4 is 0 Å². The van der Waals surface area contributed by atoms with E-state index in [1.54, 1.807) is 0 Å². The van der Waals surface area contributed by atoms with Gasteiger partial charge in [0.1, 0.15) is 12.2 Å². The van der Waals surface area contributed by atoms with Gasteiger partial charge in [-0.2, -0.15) is 0 Å². The zero-order valence-electron chi connectivity index (χ0n) is 6.26. The first-order valence-electron chi connectivity index (χ1n) is 3.26. The molecule has 0 heterocycles. The van der Waals surface area contributed by atoms with E-state index in [0.717, 1.165) is 0 Å². The topological polar surface area (TPSA) is 54.4 Å². The number of Topliss-reactive ketones (excluding diaryl/α,β-unsaturated/α-hetero) is 1. The third-order valence-corrected chi connectivity index (χ3v) is 0.984. The van der Waals surface area contributed by atoms with E-state index in [2.05, 4.69) is 0 Å². The van der Waals surface area contributed by atoms with Crippen molar-refractivity contribution < 1.29 is 14.7 Å². The van der Waals surface area contributed by atoms with E-state index in [1.807, 2.05) is 13.8 Å². The molecule has 0 aromatic heterocycles. The summed E-state index contributed by atoms with van der Waals surface area (Å²) in [5.41, 5.74) is 0. The smallest absolute Gasteiger partial charge is 0.310 e. The van der Waals surface area contributed by atoms with E-state index in [4.69, 9.17) is 5.11 Å². The van der Waals surface area contributed by atoms with Gasteiger partial charge in [0.15, 0.2) is 17.4 Å². The van der Waals surface area contributed by atoms with Crippen molar-refractivity contribution in [2.75, 3.05) is 0 Å². The maximum absolute atomic E-state index is 10.7. The highest BCUT2D eigenvalue weighted by Gasteiger charge is 2.08. The summed E-state index contributed by atoms with van der Waals surface area (Å²) in [4.78, 5) is 20.7. The third kappa shape index (κ3) is 9.67. The van der Waals surface area contributed by atoms with Gasteiger partial charge in [0.25, 0.3) is 0 Å². The largest absolute Gasteiger partial charge is 0.481 e. The first kappa shape index (κ1) is 13.3. The van der Waals surface area contributed by atoms with Crippen LogP contribution in [0.25, 0.3) is 0 Å². The number of carbonyl (C=O) groups is 2. The Labute approximate surface area is 76.9 Å². The van der Waals surface area contributed by atoms with Gasteiger partial charge < -0.3 is 5.11 Å². The second kappa shape index (κ2) is 6.39. The molecule has 4 heteroatoms. The highest BCUT2D eigenvalue weighted by molar-refractivity contribution is 5.94. The Bertz CT molecular complexity index is 143. The number of carboxylic acids is 1. The fraction of sp³-hybridized carbons (Fsp3) is 0.714. The lowest BCUT2D eigenvalue weighted by Gasteiger charge is -1.99. The molecule has 1 N–H and O–H groups in total. The minimum absolute atomic E-state index is 0. The van der Waals surface area contributed by atoms with Gasteiger partial charge in [-0.1, -0.05) is 13.8 Å². The Hall–Kier alpha value is -0.328. The molecular weight excluding hydrogens is 159 g/mol. The van der Waals surface area contributed by atoms with Crippen LogP contribution >= 0.6 is 0 Å². The summed E-state index contributed by atoms with van der Waals surface area (Å²) in [6, 6.07) is 0. The van der Waals surface area contributed by atoms with Gasteiger partial charge in [0.05, 0.1) is 0 Å². The van der Waals surface area contributed by atoms with Crippen molar-refractivity contribution in [1.82, 2.24) is 0 Å². The summed E-state index contributed by atoms with van der Waals surface area (Å²) in [7, 11) is 0. The van der Waals surface area contributed by atoms with Gasteiger partial charge in [0.2, 0.25) is 0 Å². The Morgan fingerprint density at radius 2 is 1.82 bits per heavy atom. The van der Waals surface area contributed by atoms with E-state index < -0.39 is 5.97 Å². The minimum atomic E-state index is -1.04. The highest BCUT2D eigenvalue weighted by atomic mass is 27.0. The summed E-state index contributed by atoms with van der Waals surface area (Å²) in [5.74, 6) is -0.972. The molecule has 0 rings (SSSR count). The second-order valence-electron chi connectivity index (χ2n) is 2.71. The molecule has 0 amide bonds. The molecule has 0 aliphatic heterocycles. The molecule has 3 nitrogen and oxygen atoms in total. The first-order valence-corrected chi connectivity index (χ1v) is 3.26. The van der Waals surface area contributed by atoms with Crippen molar-refractivity contribution >= 4 is 29.1 Å². The number of carboxylic acid groups (broad SMARTS) is 1. The Morgan fingerprint density at radius 3 is 2.09 bits per heavy atom. The summed E-state index contributed by atoms with van der Waals surface area (Å²) in [5, 5.41) is 8.18. The molecule has 0 radical (unpaired) electrons. The average molecular weight is 174 g/mol. The van der Waals surface area contributed by atoms with E-state index in [1.165, 1.54) is 0 Å². The van der Waals surface area contributed by atoms with E-state index >= 15 is 0 Å². The quantitative estimate of drug-likeness (QED) is 0.478. The lowest BCUT2D eigenvalue weighted by atomic mass is 10.1. The maximum Gasteiger partial charge on any atom is 0.310 e. The third-order valence-electron chi connectivity index (χ3n) is 0.984. The monoisotopic (exact) mass is 174 g/mol. The molecule has 0 aromatic carbocycles. The molecule has 0 aliphatic carbocycles. The molecule has 0 saturated heterocycles. The van der Waals surface area contributed by atoms with Gasteiger partial charge in [-0.05, 0) is 5.92 Å². The zero-order chi connectivity index (χ0) is 8.15. The van der Waals surface area contributed by atoms with E-state index in [-0.39, 0.29) is 35.5 Å². The number of hydrogen-bond donors (Lipinski definition) is 1. The van der Waals surface area contributed by atoms with Crippen LogP contribution in [0.5, 0.6) is 0 Å². The van der Waals surface area contributed by atoms with Crippen LogP contribution in [-0.4, -0.2) is 34.2 Å². The average Bonchev–Trinajstić information content (AvgIpc) is 1.58. The number of hydrogen-bond acceptors (Lipinski definition) is 2. The number of rotatable bonds is 4. The molecule has 0 spiro atoms. The van der Waals surface area contributed by atoms with Crippen LogP contribution in [0, 0.1) is 5.92 Å². The van der Waals surface area contributed by atoms with E-state index in [9.17, 15) is 9.59 Å². The van der Waals surface area contributed by atoms with E-state index in [0.29, 0.717) is 6.42 Å². The predicted molar refractivity (Wildman–Crippen MR) is 46.7 cm³/mol. The normalized spacial score (nSPS) is 9.00. The lowest BCUT2D eigenvalue weighted by molar-refractivity contribution is -0.140. The lowest BCUT2D eigenvalue weighted by Crippen LogP contribution is -2.08. The van der Waals surface area contributed by atoms with Crippen LogP contribution in [0.15, 0.2) is 0 Å². The first-order chi connectivity index (χ1) is 4.52. The second-order valence-corrected chi connectivity index (χ2v) is 2.71. The molecule has 0 saturated carbocycles. The molecule has 0 bridgehead atoms. The van der Waals surface area contributed by atoms with Gasteiger partial charge in [-0.15, -0.1) is 0 Å². The Balaban J connectivity index is 0. The van der Waals surface area contributed by atoms with Gasteiger partial charge >= 0.3 is 5.97 Å².